The topological polar surface area (TPSA) is 62.9 Å². The highest BCUT2D eigenvalue weighted by Crippen LogP contribution is 2.38. The SMILES string of the molecule is COc1ccc(Cl)cc1C(c1ccco1)N1CCCC(C(=O)O)C1. The highest BCUT2D eigenvalue weighted by molar-refractivity contribution is 6.30. The number of benzene rings is 1. The number of carboxylic acid groups (broad SMARTS) is 1. The van der Waals surface area contributed by atoms with Crippen LogP contribution in [-0.2, 0) is 4.79 Å². The molecule has 1 fully saturated rings. The Hall–Kier alpha value is -1.98. The number of furan rings is 1. The molecular weight excluding hydrogens is 330 g/mol. The van der Waals surface area contributed by atoms with E-state index in [0.717, 1.165) is 24.3 Å². The first-order valence-electron chi connectivity index (χ1n) is 7.94. The first kappa shape index (κ1) is 16.9. The average molecular weight is 350 g/mol. The Morgan fingerprint density at radius 2 is 2.29 bits per heavy atom. The highest BCUT2D eigenvalue weighted by Gasteiger charge is 2.34. The number of ether oxygens (including phenoxy) is 1. The van der Waals surface area contributed by atoms with E-state index in [4.69, 9.17) is 20.8 Å². The molecule has 0 aliphatic carbocycles. The molecular formula is C18H20ClNO4. The lowest BCUT2D eigenvalue weighted by atomic mass is 9.93. The van der Waals surface area contributed by atoms with Gasteiger partial charge in [0.25, 0.3) is 0 Å². The van der Waals surface area contributed by atoms with E-state index in [0.29, 0.717) is 23.7 Å². The molecule has 0 bridgehead atoms. The summed E-state index contributed by atoms with van der Waals surface area (Å²) in [7, 11) is 1.61. The summed E-state index contributed by atoms with van der Waals surface area (Å²) in [5, 5.41) is 9.99. The maximum atomic E-state index is 11.4. The van der Waals surface area contributed by atoms with Crippen LogP contribution < -0.4 is 4.74 Å². The fourth-order valence-electron chi connectivity index (χ4n) is 3.34. The quantitative estimate of drug-likeness (QED) is 0.888. The van der Waals surface area contributed by atoms with Crippen LogP contribution in [0, 0.1) is 5.92 Å². The summed E-state index contributed by atoms with van der Waals surface area (Å²) in [6, 6.07) is 8.97. The van der Waals surface area contributed by atoms with Crippen LogP contribution in [-0.4, -0.2) is 36.2 Å². The maximum Gasteiger partial charge on any atom is 0.307 e. The molecule has 2 aromatic rings. The third-order valence-electron chi connectivity index (χ3n) is 4.47. The van der Waals surface area contributed by atoms with E-state index >= 15 is 0 Å². The highest BCUT2D eigenvalue weighted by atomic mass is 35.5. The Balaban J connectivity index is 2.02. The Bertz CT molecular complexity index is 701. The molecule has 1 N–H and O–H groups in total. The lowest BCUT2D eigenvalue weighted by Crippen LogP contribution is -2.41. The minimum Gasteiger partial charge on any atom is -0.496 e. The summed E-state index contributed by atoms with van der Waals surface area (Å²) < 4.78 is 11.2. The summed E-state index contributed by atoms with van der Waals surface area (Å²) in [5.74, 6) is 0.331. The Morgan fingerprint density at radius 3 is 2.96 bits per heavy atom. The molecule has 1 aliphatic heterocycles. The molecule has 2 atom stereocenters. The second-order valence-electron chi connectivity index (χ2n) is 5.98. The van der Waals surface area contributed by atoms with Crippen LogP contribution in [0.25, 0.3) is 0 Å². The number of aliphatic carboxylic acids is 1. The van der Waals surface area contributed by atoms with Crippen molar-refractivity contribution in [2.45, 2.75) is 18.9 Å². The third-order valence-corrected chi connectivity index (χ3v) is 4.70. The van der Waals surface area contributed by atoms with E-state index in [1.165, 1.54) is 0 Å². The number of carboxylic acids is 1. The van der Waals surface area contributed by atoms with Crippen LogP contribution in [0.4, 0.5) is 0 Å². The molecule has 24 heavy (non-hydrogen) atoms. The predicted octanol–water partition coefficient (Wildman–Crippen LogP) is 3.83. The van der Waals surface area contributed by atoms with Gasteiger partial charge < -0.3 is 14.3 Å². The summed E-state index contributed by atoms with van der Waals surface area (Å²) in [6.07, 6.45) is 3.15. The van der Waals surface area contributed by atoms with Gasteiger partial charge in [-0.15, -0.1) is 0 Å². The number of rotatable bonds is 5. The number of hydrogen-bond acceptors (Lipinski definition) is 4. The largest absolute Gasteiger partial charge is 0.496 e. The number of hydrogen-bond donors (Lipinski definition) is 1. The smallest absolute Gasteiger partial charge is 0.307 e. The molecule has 0 radical (unpaired) electrons. The van der Waals surface area contributed by atoms with E-state index in [1.54, 1.807) is 19.4 Å². The van der Waals surface area contributed by atoms with Gasteiger partial charge in [-0.2, -0.15) is 0 Å². The average Bonchev–Trinajstić information content (AvgIpc) is 3.10. The lowest BCUT2D eigenvalue weighted by Gasteiger charge is -2.36. The van der Waals surface area contributed by atoms with Gasteiger partial charge in [0.2, 0.25) is 0 Å². The van der Waals surface area contributed by atoms with Gasteiger partial charge in [0.15, 0.2) is 0 Å². The molecule has 1 aromatic carbocycles. The van der Waals surface area contributed by atoms with Gasteiger partial charge in [-0.1, -0.05) is 11.6 Å². The van der Waals surface area contributed by atoms with Crippen molar-refractivity contribution in [1.82, 2.24) is 4.90 Å². The van der Waals surface area contributed by atoms with Gasteiger partial charge in [-0.05, 0) is 49.7 Å². The Labute approximate surface area is 145 Å². The zero-order valence-electron chi connectivity index (χ0n) is 13.4. The number of nitrogens with zero attached hydrogens (tertiary/aromatic N) is 1. The van der Waals surface area contributed by atoms with E-state index < -0.39 is 5.97 Å². The molecule has 1 saturated heterocycles. The molecule has 0 spiro atoms. The van der Waals surface area contributed by atoms with Crippen molar-refractivity contribution in [3.63, 3.8) is 0 Å². The maximum absolute atomic E-state index is 11.4. The van der Waals surface area contributed by atoms with Crippen LogP contribution in [0.15, 0.2) is 41.0 Å². The van der Waals surface area contributed by atoms with Gasteiger partial charge in [0.05, 0.1) is 25.3 Å². The van der Waals surface area contributed by atoms with Crippen molar-refractivity contribution in [2.75, 3.05) is 20.2 Å². The van der Waals surface area contributed by atoms with Crippen molar-refractivity contribution < 1.29 is 19.1 Å². The van der Waals surface area contributed by atoms with Gasteiger partial charge in [-0.25, -0.2) is 0 Å². The Morgan fingerprint density at radius 1 is 1.46 bits per heavy atom. The fourth-order valence-corrected chi connectivity index (χ4v) is 3.52. The van der Waals surface area contributed by atoms with E-state index in [9.17, 15) is 9.90 Å². The summed E-state index contributed by atoms with van der Waals surface area (Å²) in [5.41, 5.74) is 0.881. The molecule has 1 aromatic heterocycles. The van der Waals surface area contributed by atoms with Crippen LogP contribution in [0.5, 0.6) is 5.75 Å². The number of likely N-dealkylation sites (tertiary alicyclic amines) is 1. The van der Waals surface area contributed by atoms with Crippen LogP contribution in [0.3, 0.4) is 0 Å². The van der Waals surface area contributed by atoms with Gasteiger partial charge in [0, 0.05) is 17.1 Å². The second kappa shape index (κ2) is 7.28. The molecule has 128 valence electrons. The number of halogens is 1. The van der Waals surface area contributed by atoms with Crippen molar-refractivity contribution >= 4 is 17.6 Å². The van der Waals surface area contributed by atoms with Crippen molar-refractivity contribution in [3.05, 3.63) is 52.9 Å². The molecule has 0 amide bonds. The summed E-state index contributed by atoms with van der Waals surface area (Å²) in [4.78, 5) is 13.6. The molecule has 0 saturated carbocycles. The van der Waals surface area contributed by atoms with Gasteiger partial charge in [0.1, 0.15) is 11.5 Å². The molecule has 3 rings (SSSR count). The molecule has 1 aliphatic rings. The van der Waals surface area contributed by atoms with Crippen molar-refractivity contribution in [2.24, 2.45) is 5.92 Å². The van der Waals surface area contributed by atoms with Crippen molar-refractivity contribution in [3.8, 4) is 5.75 Å². The number of carbonyl (C=O) groups is 1. The first-order chi connectivity index (χ1) is 11.6. The number of piperidine rings is 1. The van der Waals surface area contributed by atoms with Crippen LogP contribution in [0.1, 0.15) is 30.2 Å². The van der Waals surface area contributed by atoms with E-state index in [1.807, 2.05) is 24.3 Å². The molecule has 2 unspecified atom stereocenters. The minimum atomic E-state index is -0.754. The monoisotopic (exact) mass is 349 g/mol. The van der Waals surface area contributed by atoms with Gasteiger partial charge in [-0.3, -0.25) is 9.69 Å². The van der Waals surface area contributed by atoms with E-state index in [-0.39, 0.29) is 12.0 Å². The first-order valence-corrected chi connectivity index (χ1v) is 8.31. The van der Waals surface area contributed by atoms with E-state index in [2.05, 4.69) is 4.90 Å². The van der Waals surface area contributed by atoms with Crippen molar-refractivity contribution in [1.29, 1.82) is 0 Å². The van der Waals surface area contributed by atoms with Crippen LogP contribution in [0.2, 0.25) is 5.02 Å². The number of methoxy groups -OCH3 is 1. The second-order valence-corrected chi connectivity index (χ2v) is 6.41. The van der Waals surface area contributed by atoms with Crippen LogP contribution >= 0.6 is 11.6 Å². The summed E-state index contributed by atoms with van der Waals surface area (Å²) >= 11 is 6.20. The van der Waals surface area contributed by atoms with Gasteiger partial charge >= 0.3 is 5.97 Å². The normalized spacial score (nSPS) is 19.8. The predicted molar refractivity (Wildman–Crippen MR) is 90.5 cm³/mol. The molecule has 5 nitrogen and oxygen atoms in total. The zero-order chi connectivity index (χ0) is 17.1. The molecule has 6 heteroatoms. The minimum absolute atomic E-state index is 0.226. The zero-order valence-corrected chi connectivity index (χ0v) is 14.2. The lowest BCUT2D eigenvalue weighted by molar-refractivity contribution is -0.143. The Kier molecular flexibility index (Phi) is 5.11. The summed E-state index contributed by atoms with van der Waals surface area (Å²) in [6.45, 7) is 1.27. The third kappa shape index (κ3) is 3.42. The molecule has 2 heterocycles. The fraction of sp³-hybridized carbons (Fsp3) is 0.389. The standard InChI is InChI=1S/C18H20ClNO4/c1-23-15-7-6-13(19)10-14(15)17(16-5-3-9-24-16)20-8-2-4-12(11-20)18(21)22/h3,5-7,9-10,12,17H,2,4,8,11H2,1H3,(H,21,22).